The van der Waals surface area contributed by atoms with Gasteiger partial charge in [0.15, 0.2) is 4.32 Å². The first kappa shape index (κ1) is 18.5. The van der Waals surface area contributed by atoms with Crippen LogP contribution >= 0.6 is 24.0 Å². The average Bonchev–Trinajstić information content (AvgIpc) is 2.90. The number of anilines is 2. The highest BCUT2D eigenvalue weighted by molar-refractivity contribution is 8.27. The lowest BCUT2D eigenvalue weighted by atomic mass is 10.2. The maximum absolute atomic E-state index is 12.8. The fraction of sp³-hybridized carbons (Fsp3) is 0.200. The van der Waals surface area contributed by atoms with Crippen LogP contribution in [0.3, 0.4) is 0 Å². The molecule has 1 aliphatic rings. The summed E-state index contributed by atoms with van der Waals surface area (Å²) < 4.78 is 0.511. The smallest absolute Gasteiger partial charge is 0.270 e. The van der Waals surface area contributed by atoms with E-state index in [2.05, 4.69) is 18.7 Å². The van der Waals surface area contributed by atoms with E-state index in [0.717, 1.165) is 30.0 Å². The minimum absolute atomic E-state index is 0.140. The van der Waals surface area contributed by atoms with Crippen LogP contribution in [0.1, 0.15) is 19.4 Å². The number of carbonyl (C=O) groups excluding carboxylic acids is 1. The lowest BCUT2D eigenvalue weighted by molar-refractivity contribution is -0.113. The maximum Gasteiger partial charge on any atom is 0.270 e. The minimum atomic E-state index is -0.140. The second-order valence-electron chi connectivity index (χ2n) is 5.80. The highest BCUT2D eigenvalue weighted by Gasteiger charge is 2.33. The van der Waals surface area contributed by atoms with E-state index in [1.165, 1.54) is 11.8 Å². The molecule has 6 heteroatoms. The third-order valence-corrected chi connectivity index (χ3v) is 5.50. The molecule has 0 aromatic heterocycles. The van der Waals surface area contributed by atoms with Gasteiger partial charge in [-0.15, -0.1) is 0 Å². The number of nitrogens with zero attached hydrogens (tertiary/aromatic N) is 2. The van der Waals surface area contributed by atoms with Crippen LogP contribution in [0, 0.1) is 0 Å². The lowest BCUT2D eigenvalue weighted by Gasteiger charge is -2.22. The van der Waals surface area contributed by atoms with Gasteiger partial charge in [-0.2, -0.15) is 0 Å². The van der Waals surface area contributed by atoms with Crippen molar-refractivity contribution in [2.75, 3.05) is 22.9 Å². The zero-order valence-corrected chi connectivity index (χ0v) is 16.3. The van der Waals surface area contributed by atoms with E-state index in [9.17, 15) is 9.90 Å². The minimum Gasteiger partial charge on any atom is -0.508 e. The molecule has 1 aliphatic heterocycles. The van der Waals surface area contributed by atoms with Crippen molar-refractivity contribution in [1.29, 1.82) is 0 Å². The number of thioether (sulfide) groups is 1. The molecule has 1 fully saturated rings. The SMILES string of the molecule is CCN(CC)c1ccc(N2C(=O)/C(=C/c3cccc(O)c3)SC2=S)cc1. The number of thiocarbonyl (C=S) groups is 1. The highest BCUT2D eigenvalue weighted by atomic mass is 32.2. The Morgan fingerprint density at radius 1 is 1.15 bits per heavy atom. The molecule has 4 nitrogen and oxygen atoms in total. The van der Waals surface area contributed by atoms with E-state index in [0.29, 0.717) is 9.23 Å². The van der Waals surface area contributed by atoms with Crippen LogP contribution in [-0.4, -0.2) is 28.4 Å². The molecule has 1 saturated heterocycles. The Labute approximate surface area is 163 Å². The summed E-state index contributed by atoms with van der Waals surface area (Å²) in [5.74, 6) is 0.0279. The number of carbonyl (C=O) groups is 1. The fourth-order valence-electron chi connectivity index (χ4n) is 2.86. The number of benzene rings is 2. The van der Waals surface area contributed by atoms with Gasteiger partial charge in [0, 0.05) is 18.8 Å². The van der Waals surface area contributed by atoms with Crippen molar-refractivity contribution < 1.29 is 9.90 Å². The van der Waals surface area contributed by atoms with Crippen molar-refractivity contribution in [3.8, 4) is 5.75 Å². The Balaban J connectivity index is 1.85. The molecule has 0 saturated carbocycles. The van der Waals surface area contributed by atoms with E-state index < -0.39 is 0 Å². The van der Waals surface area contributed by atoms with Crippen LogP contribution < -0.4 is 9.80 Å². The Morgan fingerprint density at radius 2 is 1.85 bits per heavy atom. The summed E-state index contributed by atoms with van der Waals surface area (Å²) in [4.78, 5) is 17.2. The Hall–Kier alpha value is -2.31. The number of rotatable bonds is 5. The Bertz CT molecular complexity index is 858. The molecule has 134 valence electrons. The number of hydrogen-bond donors (Lipinski definition) is 1. The third kappa shape index (κ3) is 3.76. The van der Waals surface area contributed by atoms with Gasteiger partial charge in [0.25, 0.3) is 5.91 Å². The van der Waals surface area contributed by atoms with Gasteiger partial charge in [0.2, 0.25) is 0 Å². The van der Waals surface area contributed by atoms with Gasteiger partial charge in [0.1, 0.15) is 5.75 Å². The molecule has 1 amide bonds. The van der Waals surface area contributed by atoms with E-state index >= 15 is 0 Å². The predicted octanol–water partition coefficient (Wildman–Crippen LogP) is 4.64. The van der Waals surface area contributed by atoms with Gasteiger partial charge >= 0.3 is 0 Å². The summed E-state index contributed by atoms with van der Waals surface area (Å²) in [5.41, 5.74) is 2.66. The first-order chi connectivity index (χ1) is 12.5. The zero-order valence-electron chi connectivity index (χ0n) is 14.7. The first-order valence-corrected chi connectivity index (χ1v) is 9.68. The van der Waals surface area contributed by atoms with Gasteiger partial charge < -0.3 is 10.0 Å². The van der Waals surface area contributed by atoms with Crippen LogP contribution in [0.2, 0.25) is 0 Å². The van der Waals surface area contributed by atoms with Crippen molar-refractivity contribution in [2.45, 2.75) is 13.8 Å². The number of amides is 1. The topological polar surface area (TPSA) is 43.8 Å². The summed E-state index contributed by atoms with van der Waals surface area (Å²) in [6.45, 7) is 6.10. The maximum atomic E-state index is 12.8. The normalized spacial score (nSPS) is 15.8. The van der Waals surface area contributed by atoms with Gasteiger partial charge in [-0.25, -0.2) is 0 Å². The molecule has 0 aliphatic carbocycles. The molecule has 0 spiro atoms. The zero-order chi connectivity index (χ0) is 18.7. The van der Waals surface area contributed by atoms with Gasteiger partial charge in [-0.1, -0.05) is 36.1 Å². The summed E-state index contributed by atoms with van der Waals surface area (Å²) >= 11 is 6.69. The second-order valence-corrected chi connectivity index (χ2v) is 7.48. The van der Waals surface area contributed by atoms with Gasteiger partial charge in [0.05, 0.1) is 10.6 Å². The largest absolute Gasteiger partial charge is 0.508 e. The number of phenols is 1. The number of aromatic hydroxyl groups is 1. The average molecular weight is 385 g/mol. The van der Waals surface area contributed by atoms with Gasteiger partial charge in [-0.3, -0.25) is 9.69 Å². The summed E-state index contributed by atoms with van der Waals surface area (Å²) in [7, 11) is 0. The summed E-state index contributed by atoms with van der Waals surface area (Å²) in [6.07, 6.45) is 1.75. The predicted molar refractivity (Wildman–Crippen MR) is 114 cm³/mol. The quantitative estimate of drug-likeness (QED) is 0.601. The van der Waals surface area contributed by atoms with Crippen LogP contribution in [0.15, 0.2) is 53.4 Å². The highest BCUT2D eigenvalue weighted by Crippen LogP contribution is 2.36. The molecule has 0 atom stereocenters. The lowest BCUT2D eigenvalue weighted by Crippen LogP contribution is -2.27. The Morgan fingerprint density at radius 3 is 2.46 bits per heavy atom. The number of phenolic OH excluding ortho intramolecular Hbond substituents is 1. The first-order valence-electron chi connectivity index (χ1n) is 8.45. The molecule has 1 heterocycles. The molecule has 1 N–H and O–H groups in total. The van der Waals surface area contributed by atoms with Crippen LogP contribution in [0.4, 0.5) is 11.4 Å². The Kier molecular flexibility index (Phi) is 5.64. The van der Waals surface area contributed by atoms with Crippen LogP contribution in [-0.2, 0) is 4.79 Å². The second kappa shape index (κ2) is 7.93. The van der Waals surface area contributed by atoms with Crippen molar-refractivity contribution in [1.82, 2.24) is 0 Å². The summed E-state index contributed by atoms with van der Waals surface area (Å²) in [5, 5.41) is 9.59. The van der Waals surface area contributed by atoms with Gasteiger partial charge in [-0.05, 0) is 61.9 Å². The molecule has 0 unspecified atom stereocenters. The standard InChI is InChI=1S/C20H20N2O2S2/c1-3-21(4-2)15-8-10-16(11-9-15)22-19(24)18(26-20(22)25)13-14-6-5-7-17(23)12-14/h5-13,23H,3-4H2,1-2H3/b18-13-. The van der Waals surface area contributed by atoms with E-state index in [1.807, 2.05) is 30.3 Å². The van der Waals surface area contributed by atoms with E-state index in [4.69, 9.17) is 12.2 Å². The van der Waals surface area contributed by atoms with Crippen molar-refractivity contribution in [2.24, 2.45) is 0 Å². The van der Waals surface area contributed by atoms with Crippen LogP contribution in [0.25, 0.3) is 6.08 Å². The number of hydrogen-bond acceptors (Lipinski definition) is 5. The fourth-order valence-corrected chi connectivity index (χ4v) is 4.16. The van der Waals surface area contributed by atoms with E-state index in [1.54, 1.807) is 29.2 Å². The molecular weight excluding hydrogens is 364 g/mol. The van der Waals surface area contributed by atoms with Crippen molar-refractivity contribution in [3.63, 3.8) is 0 Å². The van der Waals surface area contributed by atoms with Crippen molar-refractivity contribution >= 4 is 51.7 Å². The molecular formula is C20H20N2O2S2. The third-order valence-electron chi connectivity index (χ3n) is 4.20. The molecule has 2 aromatic rings. The summed E-state index contributed by atoms with van der Waals surface area (Å²) in [6, 6.07) is 14.7. The molecule has 26 heavy (non-hydrogen) atoms. The van der Waals surface area contributed by atoms with Crippen LogP contribution in [0.5, 0.6) is 5.75 Å². The monoisotopic (exact) mass is 384 g/mol. The van der Waals surface area contributed by atoms with Crippen molar-refractivity contribution in [3.05, 3.63) is 59.0 Å². The molecule has 0 radical (unpaired) electrons. The van der Waals surface area contributed by atoms with E-state index in [-0.39, 0.29) is 11.7 Å². The molecule has 3 rings (SSSR count). The molecule has 2 aromatic carbocycles. The molecule has 0 bridgehead atoms.